The number of hydrazine groups is 1. The van der Waals surface area contributed by atoms with Gasteiger partial charge in [0.05, 0.1) is 20.8 Å². The Morgan fingerprint density at radius 2 is 1.92 bits per heavy atom. The Bertz CT molecular complexity index is 774. The van der Waals surface area contributed by atoms with E-state index in [-0.39, 0.29) is 5.91 Å². The summed E-state index contributed by atoms with van der Waals surface area (Å²) in [6, 6.07) is 5.17. The van der Waals surface area contributed by atoms with E-state index in [1.165, 1.54) is 0 Å². The van der Waals surface area contributed by atoms with Gasteiger partial charge >= 0.3 is 0 Å². The molecule has 0 radical (unpaired) electrons. The summed E-state index contributed by atoms with van der Waals surface area (Å²) < 4.78 is 5.26. The van der Waals surface area contributed by atoms with Gasteiger partial charge in [-0.25, -0.2) is 0 Å². The molecule has 1 aromatic heterocycles. The highest BCUT2D eigenvalue weighted by Crippen LogP contribution is 2.43. The van der Waals surface area contributed by atoms with E-state index in [1.54, 1.807) is 25.1 Å². The van der Waals surface area contributed by atoms with E-state index in [9.17, 15) is 4.79 Å². The zero-order valence-corrected chi connectivity index (χ0v) is 15.7. The van der Waals surface area contributed by atoms with Crippen LogP contribution in [0.5, 0.6) is 0 Å². The number of benzene rings is 1. The summed E-state index contributed by atoms with van der Waals surface area (Å²) in [6.07, 6.45) is 0. The number of thioether (sulfide) groups is 2. The number of carbonyl (C=O) groups excluding carboxylic acids is 1. The van der Waals surface area contributed by atoms with Crippen LogP contribution in [0.1, 0.15) is 16.1 Å². The largest absolute Gasteiger partial charge is 0.360 e. The van der Waals surface area contributed by atoms with E-state index in [0.29, 0.717) is 43.4 Å². The van der Waals surface area contributed by atoms with Crippen LogP contribution in [0, 0.1) is 6.92 Å². The van der Waals surface area contributed by atoms with Crippen LogP contribution >= 0.6 is 46.7 Å². The second-order valence-corrected chi connectivity index (χ2v) is 8.72. The number of rotatable bonds is 3. The molecule has 1 aromatic carbocycles. The predicted octanol–water partition coefficient (Wildman–Crippen LogP) is 4.05. The molecule has 0 unspecified atom stereocenters. The first-order valence-electron chi connectivity index (χ1n) is 7.29. The van der Waals surface area contributed by atoms with Gasteiger partial charge in [-0.15, -0.1) is 23.5 Å². The van der Waals surface area contributed by atoms with Crippen molar-refractivity contribution in [2.45, 2.75) is 17.7 Å². The lowest BCUT2D eigenvalue weighted by Gasteiger charge is -2.20. The molecule has 2 aliphatic heterocycles. The number of hydrogen-bond acceptors (Lipinski definition) is 6. The van der Waals surface area contributed by atoms with Gasteiger partial charge in [0.25, 0.3) is 5.91 Å². The fourth-order valence-corrected chi connectivity index (χ4v) is 6.55. The minimum atomic E-state index is -0.250. The fourth-order valence-electron chi connectivity index (χ4n) is 2.84. The van der Waals surface area contributed by atoms with Crippen LogP contribution in [0.25, 0.3) is 11.3 Å². The fraction of sp³-hybridized carbons (Fsp3) is 0.333. The van der Waals surface area contributed by atoms with E-state index in [2.05, 4.69) is 10.6 Å². The van der Waals surface area contributed by atoms with Gasteiger partial charge < -0.3 is 4.52 Å². The molecule has 2 aromatic rings. The van der Waals surface area contributed by atoms with Crippen molar-refractivity contribution in [1.82, 2.24) is 15.6 Å². The van der Waals surface area contributed by atoms with Gasteiger partial charge in [0.1, 0.15) is 17.0 Å². The van der Waals surface area contributed by atoms with E-state index in [1.807, 2.05) is 28.5 Å². The molecule has 5 nitrogen and oxygen atoms in total. The number of fused-ring (bicyclic) bond motifs is 2. The Hall–Kier alpha value is -0.860. The van der Waals surface area contributed by atoms with Crippen LogP contribution in [-0.4, -0.2) is 38.3 Å². The van der Waals surface area contributed by atoms with Gasteiger partial charge in [-0.1, -0.05) is 34.4 Å². The van der Waals surface area contributed by atoms with Crippen LogP contribution < -0.4 is 5.43 Å². The van der Waals surface area contributed by atoms with E-state index >= 15 is 0 Å². The topological polar surface area (TPSA) is 58.4 Å². The van der Waals surface area contributed by atoms with Crippen molar-refractivity contribution in [1.29, 1.82) is 0 Å². The number of carbonyl (C=O) groups is 1. The quantitative estimate of drug-likeness (QED) is 0.836. The highest BCUT2D eigenvalue weighted by molar-refractivity contribution is 8.07. The third-order valence-corrected chi connectivity index (χ3v) is 7.63. The van der Waals surface area contributed by atoms with Crippen LogP contribution in [0.2, 0.25) is 10.0 Å². The van der Waals surface area contributed by atoms with Crippen LogP contribution in [0.15, 0.2) is 22.7 Å². The average Bonchev–Trinajstić information content (AvgIpc) is 3.22. The maximum absolute atomic E-state index is 12.9. The molecular weight excluding hydrogens is 389 g/mol. The van der Waals surface area contributed by atoms with Crippen molar-refractivity contribution < 1.29 is 9.32 Å². The Balaban J connectivity index is 1.69. The van der Waals surface area contributed by atoms with Crippen molar-refractivity contribution in [3.63, 3.8) is 0 Å². The lowest BCUT2D eigenvalue weighted by molar-refractivity contribution is 0.0797. The number of nitrogens with zero attached hydrogens (tertiary/aromatic N) is 2. The smallest absolute Gasteiger partial charge is 0.271 e. The first-order valence-corrected chi connectivity index (χ1v) is 10.1. The molecule has 4 rings (SSSR count). The monoisotopic (exact) mass is 401 g/mol. The molecule has 24 heavy (non-hydrogen) atoms. The van der Waals surface area contributed by atoms with Crippen LogP contribution in [0.3, 0.4) is 0 Å². The number of aromatic nitrogens is 1. The summed E-state index contributed by atoms with van der Waals surface area (Å²) in [5.41, 5.74) is 4.24. The Morgan fingerprint density at radius 3 is 2.50 bits per heavy atom. The van der Waals surface area contributed by atoms with Crippen molar-refractivity contribution >= 4 is 52.6 Å². The lowest BCUT2D eigenvalue weighted by atomic mass is 10.1. The predicted molar refractivity (Wildman–Crippen MR) is 98.5 cm³/mol. The summed E-state index contributed by atoms with van der Waals surface area (Å²) in [5.74, 6) is 2.22. The lowest BCUT2D eigenvalue weighted by Crippen LogP contribution is -2.45. The van der Waals surface area contributed by atoms with Crippen molar-refractivity contribution in [3.05, 3.63) is 39.6 Å². The molecule has 0 aliphatic carbocycles. The summed E-state index contributed by atoms with van der Waals surface area (Å²) >= 11 is 16.2. The number of amides is 1. The number of aryl methyl sites for hydroxylation is 1. The Labute approximate surface area is 157 Å². The molecule has 2 saturated heterocycles. The second-order valence-electron chi connectivity index (χ2n) is 5.48. The van der Waals surface area contributed by atoms with Gasteiger partial charge in [-0.05, 0) is 19.1 Å². The van der Waals surface area contributed by atoms with Gasteiger partial charge in [0.2, 0.25) is 0 Å². The molecule has 1 amide bonds. The van der Waals surface area contributed by atoms with Crippen LogP contribution in [0.4, 0.5) is 0 Å². The average molecular weight is 402 g/mol. The third kappa shape index (κ3) is 2.72. The van der Waals surface area contributed by atoms with Gasteiger partial charge in [0, 0.05) is 17.1 Å². The Kier molecular flexibility index (Phi) is 4.47. The number of halogens is 2. The molecule has 0 saturated carbocycles. The summed E-state index contributed by atoms with van der Waals surface area (Å²) in [6.45, 7) is 1.71. The summed E-state index contributed by atoms with van der Waals surface area (Å²) in [5, 5.41) is 7.53. The van der Waals surface area contributed by atoms with Crippen molar-refractivity contribution in [2.24, 2.45) is 0 Å². The van der Waals surface area contributed by atoms with E-state index in [4.69, 9.17) is 27.7 Å². The summed E-state index contributed by atoms with van der Waals surface area (Å²) in [7, 11) is 0. The standard InChI is InChI=1S/C15H13Cl2N3O2S2/c1-7-12(15(21)18-20-10-5-23-11(20)6-24-10)14(19-22-7)13-8(16)3-2-4-9(13)17/h2-4,10-11H,5-6H2,1H3,(H,18,21)/t10-,11-/m1/s1. The normalized spacial score (nSPS) is 23.0. The molecule has 1 N–H and O–H groups in total. The molecule has 2 atom stereocenters. The van der Waals surface area contributed by atoms with Gasteiger partial charge in [0.15, 0.2) is 0 Å². The minimum Gasteiger partial charge on any atom is -0.360 e. The zero-order valence-electron chi connectivity index (χ0n) is 12.6. The maximum Gasteiger partial charge on any atom is 0.271 e. The maximum atomic E-state index is 12.9. The van der Waals surface area contributed by atoms with Gasteiger partial charge in [-0.2, -0.15) is 5.01 Å². The van der Waals surface area contributed by atoms with E-state index in [0.717, 1.165) is 11.5 Å². The highest BCUT2D eigenvalue weighted by Gasteiger charge is 2.42. The molecule has 2 aliphatic rings. The van der Waals surface area contributed by atoms with Gasteiger partial charge in [-0.3, -0.25) is 10.2 Å². The van der Waals surface area contributed by atoms with E-state index < -0.39 is 0 Å². The molecule has 0 spiro atoms. The summed E-state index contributed by atoms with van der Waals surface area (Å²) in [4.78, 5) is 12.9. The highest BCUT2D eigenvalue weighted by atomic mass is 35.5. The number of nitrogens with one attached hydrogen (secondary N) is 1. The Morgan fingerprint density at radius 1 is 1.29 bits per heavy atom. The third-order valence-electron chi connectivity index (χ3n) is 4.00. The van der Waals surface area contributed by atoms with Crippen LogP contribution in [-0.2, 0) is 0 Å². The molecule has 9 heteroatoms. The first kappa shape index (κ1) is 16.6. The second kappa shape index (κ2) is 6.46. The molecule has 3 heterocycles. The zero-order chi connectivity index (χ0) is 16.8. The van der Waals surface area contributed by atoms with Crippen molar-refractivity contribution in [2.75, 3.05) is 11.5 Å². The molecule has 126 valence electrons. The molecule has 2 fully saturated rings. The SMILES string of the molecule is Cc1onc(-c2c(Cl)cccc2Cl)c1C(=O)NN1[C@H]2CS[C@@H]1CS2. The van der Waals surface area contributed by atoms with Crippen molar-refractivity contribution in [3.8, 4) is 11.3 Å². The molecule has 2 bridgehead atoms. The minimum absolute atomic E-state index is 0.250. The first-order chi connectivity index (χ1) is 11.6. The number of hydrogen-bond donors (Lipinski definition) is 1. The molecular formula is C15H13Cl2N3O2S2.